The van der Waals surface area contributed by atoms with E-state index in [-0.39, 0.29) is 30.3 Å². The zero-order chi connectivity index (χ0) is 26.2. The molecule has 190 valence electrons. The van der Waals surface area contributed by atoms with Gasteiger partial charge in [0.15, 0.2) is 0 Å². The number of benzene rings is 3. The van der Waals surface area contributed by atoms with E-state index in [4.69, 9.17) is 4.74 Å². The molecule has 3 aromatic rings. The third-order valence-electron chi connectivity index (χ3n) is 6.84. The van der Waals surface area contributed by atoms with Gasteiger partial charge < -0.3 is 20.3 Å². The Morgan fingerprint density at radius 3 is 2.57 bits per heavy atom. The highest BCUT2D eigenvalue weighted by molar-refractivity contribution is 5.83. The van der Waals surface area contributed by atoms with Gasteiger partial charge >= 0.3 is 0 Å². The summed E-state index contributed by atoms with van der Waals surface area (Å²) in [6.45, 7) is 3.24. The SMILES string of the molecule is COc1ccc(-c2cccc(C#N)c2)cc1CN[C@H]1CCN(C(=O)CNC(C)=O)C[C@H]1c1ccccc1. The quantitative estimate of drug-likeness (QED) is 0.494. The molecule has 0 unspecified atom stereocenters. The first kappa shape index (κ1) is 25.9. The van der Waals surface area contributed by atoms with Crippen molar-refractivity contribution in [3.8, 4) is 22.9 Å². The van der Waals surface area contributed by atoms with Gasteiger partial charge in [-0.1, -0.05) is 48.5 Å². The Morgan fingerprint density at radius 2 is 1.84 bits per heavy atom. The van der Waals surface area contributed by atoms with E-state index in [1.807, 2.05) is 53.4 Å². The van der Waals surface area contributed by atoms with Crippen LogP contribution in [-0.4, -0.2) is 49.5 Å². The maximum atomic E-state index is 12.7. The molecule has 1 aliphatic heterocycles. The molecular weight excluding hydrogens is 464 g/mol. The number of hydrogen-bond acceptors (Lipinski definition) is 5. The molecule has 1 saturated heterocycles. The van der Waals surface area contributed by atoms with Crippen molar-refractivity contribution in [2.24, 2.45) is 0 Å². The second-order valence-electron chi connectivity index (χ2n) is 9.26. The summed E-state index contributed by atoms with van der Waals surface area (Å²) in [5, 5.41) is 15.6. The van der Waals surface area contributed by atoms with Crippen molar-refractivity contribution in [3.05, 3.63) is 89.5 Å². The van der Waals surface area contributed by atoms with Crippen LogP contribution < -0.4 is 15.4 Å². The number of carbonyl (C=O) groups excluding carboxylic acids is 2. The summed E-state index contributed by atoms with van der Waals surface area (Å²) in [6, 6.07) is 26.2. The van der Waals surface area contributed by atoms with Crippen LogP contribution in [0.4, 0.5) is 0 Å². The van der Waals surface area contributed by atoms with Gasteiger partial charge in [-0.05, 0) is 47.4 Å². The first-order chi connectivity index (χ1) is 18.0. The lowest BCUT2D eigenvalue weighted by atomic mass is 9.85. The number of methoxy groups -OCH3 is 1. The van der Waals surface area contributed by atoms with Crippen LogP contribution in [0.5, 0.6) is 5.75 Å². The van der Waals surface area contributed by atoms with Crippen LogP contribution in [0.1, 0.15) is 36.0 Å². The fraction of sp³-hybridized carbons (Fsp3) is 0.300. The van der Waals surface area contributed by atoms with E-state index in [1.54, 1.807) is 13.2 Å². The van der Waals surface area contributed by atoms with Crippen molar-refractivity contribution >= 4 is 11.8 Å². The largest absolute Gasteiger partial charge is 0.496 e. The van der Waals surface area contributed by atoms with E-state index in [0.717, 1.165) is 28.9 Å². The molecule has 0 spiro atoms. The Hall–Kier alpha value is -4.15. The Labute approximate surface area is 218 Å². The number of nitrogens with zero attached hydrogens (tertiary/aromatic N) is 2. The van der Waals surface area contributed by atoms with E-state index in [0.29, 0.717) is 25.2 Å². The molecule has 2 atom stereocenters. The monoisotopic (exact) mass is 496 g/mol. The lowest BCUT2D eigenvalue weighted by Crippen LogP contribution is -2.51. The summed E-state index contributed by atoms with van der Waals surface area (Å²) < 4.78 is 5.65. The van der Waals surface area contributed by atoms with E-state index < -0.39 is 0 Å². The Morgan fingerprint density at radius 1 is 1.05 bits per heavy atom. The summed E-state index contributed by atoms with van der Waals surface area (Å²) in [7, 11) is 1.67. The molecule has 2 N–H and O–H groups in total. The van der Waals surface area contributed by atoms with Gasteiger partial charge in [-0.2, -0.15) is 5.26 Å². The summed E-state index contributed by atoms with van der Waals surface area (Å²) in [6.07, 6.45) is 0.789. The van der Waals surface area contributed by atoms with Gasteiger partial charge in [-0.15, -0.1) is 0 Å². The van der Waals surface area contributed by atoms with Crippen LogP contribution in [0, 0.1) is 11.3 Å². The van der Waals surface area contributed by atoms with Crippen molar-refractivity contribution in [2.75, 3.05) is 26.7 Å². The molecule has 0 aromatic heterocycles. The van der Waals surface area contributed by atoms with E-state index in [1.165, 1.54) is 12.5 Å². The van der Waals surface area contributed by atoms with Crippen molar-refractivity contribution in [1.29, 1.82) is 5.26 Å². The van der Waals surface area contributed by atoms with E-state index >= 15 is 0 Å². The highest BCUT2D eigenvalue weighted by Crippen LogP contribution is 2.30. The third kappa shape index (κ3) is 6.54. The number of hydrogen-bond donors (Lipinski definition) is 2. The maximum absolute atomic E-state index is 12.7. The number of carbonyl (C=O) groups is 2. The topological polar surface area (TPSA) is 94.5 Å². The van der Waals surface area contributed by atoms with Crippen LogP contribution >= 0.6 is 0 Å². The van der Waals surface area contributed by atoms with Gasteiger partial charge in [0.2, 0.25) is 11.8 Å². The Bertz CT molecular complexity index is 1290. The fourth-order valence-electron chi connectivity index (χ4n) is 4.88. The maximum Gasteiger partial charge on any atom is 0.241 e. The molecule has 1 heterocycles. The number of piperidine rings is 1. The van der Waals surface area contributed by atoms with Gasteiger partial charge in [-0.3, -0.25) is 9.59 Å². The molecule has 2 amide bonds. The van der Waals surface area contributed by atoms with Gasteiger partial charge in [0.05, 0.1) is 25.3 Å². The van der Waals surface area contributed by atoms with Gasteiger partial charge in [0, 0.05) is 44.1 Å². The third-order valence-corrected chi connectivity index (χ3v) is 6.84. The fourth-order valence-corrected chi connectivity index (χ4v) is 4.88. The minimum atomic E-state index is -0.208. The number of nitriles is 1. The molecule has 0 bridgehead atoms. The molecule has 4 rings (SSSR count). The van der Waals surface area contributed by atoms with Crippen LogP contribution in [0.15, 0.2) is 72.8 Å². The zero-order valence-electron chi connectivity index (χ0n) is 21.2. The molecule has 1 aliphatic rings. The minimum absolute atomic E-state index is 0.0198. The average molecular weight is 497 g/mol. The molecule has 0 radical (unpaired) electrons. The lowest BCUT2D eigenvalue weighted by molar-refractivity contribution is -0.133. The van der Waals surface area contributed by atoms with Crippen molar-refractivity contribution in [2.45, 2.75) is 31.8 Å². The lowest BCUT2D eigenvalue weighted by Gasteiger charge is -2.39. The number of amides is 2. The molecule has 7 nitrogen and oxygen atoms in total. The van der Waals surface area contributed by atoms with Crippen molar-refractivity contribution in [3.63, 3.8) is 0 Å². The number of rotatable bonds is 8. The molecule has 7 heteroatoms. The Kier molecular flexibility index (Phi) is 8.55. The standard InChI is InChI=1S/C30H32N4O3/c1-21(35)32-19-30(36)34-14-13-28(27(20-34)23-8-4-3-5-9-23)33-18-26-16-25(11-12-29(26)37-2)24-10-6-7-22(15-24)17-31/h3-12,15-16,27-28,33H,13-14,18-20H2,1-2H3,(H,32,35)/t27-,28-/m0/s1. The molecule has 1 fully saturated rings. The Balaban J connectivity index is 1.52. The highest BCUT2D eigenvalue weighted by Gasteiger charge is 2.32. The minimum Gasteiger partial charge on any atom is -0.496 e. The summed E-state index contributed by atoms with van der Waals surface area (Å²) in [5.41, 5.74) is 4.83. The highest BCUT2D eigenvalue weighted by atomic mass is 16.5. The normalized spacial score (nSPS) is 17.1. The predicted molar refractivity (Wildman–Crippen MR) is 143 cm³/mol. The molecule has 3 aromatic carbocycles. The van der Waals surface area contributed by atoms with Crippen LogP contribution in [0.2, 0.25) is 0 Å². The van der Waals surface area contributed by atoms with Gasteiger partial charge in [0.25, 0.3) is 0 Å². The zero-order valence-corrected chi connectivity index (χ0v) is 21.2. The smallest absolute Gasteiger partial charge is 0.241 e. The summed E-state index contributed by atoms with van der Waals surface area (Å²) in [4.78, 5) is 25.8. The summed E-state index contributed by atoms with van der Waals surface area (Å²) >= 11 is 0. The van der Waals surface area contributed by atoms with Gasteiger partial charge in [-0.25, -0.2) is 0 Å². The number of likely N-dealkylation sites (tertiary alicyclic amines) is 1. The van der Waals surface area contributed by atoms with E-state index in [9.17, 15) is 14.9 Å². The van der Waals surface area contributed by atoms with Crippen LogP contribution in [0.25, 0.3) is 11.1 Å². The molecule has 37 heavy (non-hydrogen) atoms. The van der Waals surface area contributed by atoms with Crippen LogP contribution in [-0.2, 0) is 16.1 Å². The summed E-state index contributed by atoms with van der Waals surface area (Å²) in [5.74, 6) is 0.633. The molecule has 0 aliphatic carbocycles. The first-order valence-electron chi connectivity index (χ1n) is 12.5. The van der Waals surface area contributed by atoms with Crippen molar-refractivity contribution in [1.82, 2.24) is 15.5 Å². The van der Waals surface area contributed by atoms with E-state index in [2.05, 4.69) is 34.9 Å². The number of nitrogens with one attached hydrogen (secondary N) is 2. The first-order valence-corrected chi connectivity index (χ1v) is 12.5. The van der Waals surface area contributed by atoms with Gasteiger partial charge in [0.1, 0.15) is 5.75 Å². The van der Waals surface area contributed by atoms with Crippen LogP contribution in [0.3, 0.4) is 0 Å². The predicted octanol–water partition coefficient (Wildman–Crippen LogP) is 3.84. The van der Waals surface area contributed by atoms with Crippen molar-refractivity contribution < 1.29 is 14.3 Å². The molecule has 0 saturated carbocycles. The second kappa shape index (κ2) is 12.2. The number of ether oxygens (including phenoxy) is 1. The average Bonchev–Trinajstić information content (AvgIpc) is 2.95. The molecular formula is C30H32N4O3. The second-order valence-corrected chi connectivity index (χ2v) is 9.26.